The molecule has 0 spiro atoms. The Bertz CT molecular complexity index is 335. The Balaban J connectivity index is 1.73. The van der Waals surface area contributed by atoms with Crippen LogP contribution < -0.4 is 5.32 Å². The van der Waals surface area contributed by atoms with Crippen LogP contribution in [0.1, 0.15) is 24.8 Å². The molecule has 1 unspecified atom stereocenters. The molecule has 17 heavy (non-hydrogen) atoms. The van der Waals surface area contributed by atoms with E-state index >= 15 is 0 Å². The van der Waals surface area contributed by atoms with E-state index in [9.17, 15) is 0 Å². The third-order valence-corrected chi connectivity index (χ3v) is 3.63. The Hall–Kier alpha value is -0.570. The Morgan fingerprint density at radius 2 is 2.12 bits per heavy atom. The van der Waals surface area contributed by atoms with Gasteiger partial charge in [0.25, 0.3) is 0 Å². The van der Waals surface area contributed by atoms with Gasteiger partial charge in [0, 0.05) is 11.6 Å². The number of nitrogens with one attached hydrogen (secondary N) is 1. The Morgan fingerprint density at radius 3 is 3.00 bits per heavy atom. The molecule has 0 amide bonds. The minimum Gasteiger partial charge on any atom is -0.376 e. The average Bonchev–Trinajstić information content (AvgIpc) is 2.60. The zero-order valence-corrected chi connectivity index (χ0v) is 10.9. The maximum absolute atomic E-state index is 6.08. The first-order valence-corrected chi connectivity index (χ1v) is 6.76. The van der Waals surface area contributed by atoms with Crippen molar-refractivity contribution in [3.63, 3.8) is 0 Å². The van der Waals surface area contributed by atoms with Gasteiger partial charge >= 0.3 is 0 Å². The first kappa shape index (κ1) is 12.9. The standard InChI is InChI=1S/C14H20ClNO/c15-14-6-2-1-5-13(14)11-17-10-12-4-3-8-16-9-7-12/h1-2,5-6,12,16H,3-4,7-11H2. The van der Waals surface area contributed by atoms with E-state index in [0.29, 0.717) is 12.5 Å². The van der Waals surface area contributed by atoms with Crippen LogP contribution in [0.15, 0.2) is 24.3 Å². The molecule has 0 aliphatic carbocycles. The molecule has 1 saturated heterocycles. The van der Waals surface area contributed by atoms with Crippen LogP contribution in [-0.2, 0) is 11.3 Å². The van der Waals surface area contributed by atoms with Crippen LogP contribution in [0, 0.1) is 5.92 Å². The zero-order chi connectivity index (χ0) is 11.9. The number of rotatable bonds is 4. The molecule has 0 aromatic heterocycles. The van der Waals surface area contributed by atoms with Crippen molar-refractivity contribution in [3.05, 3.63) is 34.9 Å². The van der Waals surface area contributed by atoms with Crippen LogP contribution in [-0.4, -0.2) is 19.7 Å². The van der Waals surface area contributed by atoms with Crippen molar-refractivity contribution in [2.75, 3.05) is 19.7 Å². The summed E-state index contributed by atoms with van der Waals surface area (Å²) in [5, 5.41) is 4.22. The fraction of sp³-hybridized carbons (Fsp3) is 0.571. The molecule has 2 rings (SSSR count). The second-order valence-corrected chi connectivity index (χ2v) is 5.06. The first-order chi connectivity index (χ1) is 8.36. The van der Waals surface area contributed by atoms with Gasteiger partial charge in [0.2, 0.25) is 0 Å². The van der Waals surface area contributed by atoms with Crippen molar-refractivity contribution in [2.45, 2.75) is 25.9 Å². The predicted molar refractivity (Wildman–Crippen MR) is 71.3 cm³/mol. The summed E-state index contributed by atoms with van der Waals surface area (Å²) in [5.74, 6) is 0.701. The van der Waals surface area contributed by atoms with Crippen molar-refractivity contribution in [1.82, 2.24) is 5.32 Å². The zero-order valence-electron chi connectivity index (χ0n) is 10.1. The predicted octanol–water partition coefficient (Wildman–Crippen LogP) is 3.25. The summed E-state index contributed by atoms with van der Waals surface area (Å²) in [6.45, 7) is 3.76. The molecule has 1 aliphatic heterocycles. The Kier molecular flexibility index (Phi) is 5.30. The first-order valence-electron chi connectivity index (χ1n) is 6.38. The molecule has 1 aromatic rings. The summed E-state index contributed by atoms with van der Waals surface area (Å²) in [6.07, 6.45) is 3.76. The normalized spacial score (nSPS) is 21.1. The molecule has 1 fully saturated rings. The summed E-state index contributed by atoms with van der Waals surface area (Å²) in [5.41, 5.74) is 1.08. The van der Waals surface area contributed by atoms with Crippen LogP contribution >= 0.6 is 11.6 Å². The lowest BCUT2D eigenvalue weighted by Crippen LogP contribution is -2.15. The van der Waals surface area contributed by atoms with Crippen LogP contribution in [0.3, 0.4) is 0 Å². The van der Waals surface area contributed by atoms with Crippen LogP contribution in [0.4, 0.5) is 0 Å². The molecule has 1 aromatic carbocycles. The van der Waals surface area contributed by atoms with E-state index in [1.54, 1.807) is 0 Å². The topological polar surface area (TPSA) is 21.3 Å². The second-order valence-electron chi connectivity index (χ2n) is 4.65. The van der Waals surface area contributed by atoms with Gasteiger partial charge in [-0.25, -0.2) is 0 Å². The fourth-order valence-corrected chi connectivity index (χ4v) is 2.40. The van der Waals surface area contributed by atoms with Gasteiger partial charge in [-0.15, -0.1) is 0 Å². The lowest BCUT2D eigenvalue weighted by molar-refractivity contribution is 0.0830. The maximum atomic E-state index is 6.08. The van der Waals surface area contributed by atoms with Gasteiger partial charge in [0.05, 0.1) is 6.61 Å². The van der Waals surface area contributed by atoms with E-state index in [1.807, 2.05) is 24.3 Å². The summed E-state index contributed by atoms with van der Waals surface area (Å²) in [7, 11) is 0. The summed E-state index contributed by atoms with van der Waals surface area (Å²) < 4.78 is 5.78. The van der Waals surface area contributed by atoms with Gasteiger partial charge in [-0.05, 0) is 49.9 Å². The summed E-state index contributed by atoms with van der Waals surface area (Å²) in [6, 6.07) is 7.88. The third kappa shape index (κ3) is 4.30. The van der Waals surface area contributed by atoms with Crippen LogP contribution in [0.5, 0.6) is 0 Å². The molecule has 94 valence electrons. The van der Waals surface area contributed by atoms with Gasteiger partial charge in [-0.3, -0.25) is 0 Å². The van der Waals surface area contributed by atoms with Gasteiger partial charge in [0.1, 0.15) is 0 Å². The van der Waals surface area contributed by atoms with E-state index in [1.165, 1.54) is 19.3 Å². The molecule has 0 bridgehead atoms. The number of halogens is 1. The van der Waals surface area contributed by atoms with Crippen molar-refractivity contribution in [2.24, 2.45) is 5.92 Å². The number of hydrogen-bond acceptors (Lipinski definition) is 2. The van der Waals surface area contributed by atoms with Crippen molar-refractivity contribution in [1.29, 1.82) is 0 Å². The molecule has 1 aliphatic rings. The highest BCUT2D eigenvalue weighted by molar-refractivity contribution is 6.31. The van der Waals surface area contributed by atoms with E-state index < -0.39 is 0 Å². The molecule has 1 atom stereocenters. The van der Waals surface area contributed by atoms with Crippen LogP contribution in [0.25, 0.3) is 0 Å². The second kappa shape index (κ2) is 7.00. The molecular weight excluding hydrogens is 234 g/mol. The van der Waals surface area contributed by atoms with Gasteiger partial charge in [-0.2, -0.15) is 0 Å². The van der Waals surface area contributed by atoms with Gasteiger partial charge in [-0.1, -0.05) is 29.8 Å². The largest absolute Gasteiger partial charge is 0.376 e. The molecule has 0 radical (unpaired) electrons. The highest BCUT2D eigenvalue weighted by Gasteiger charge is 2.12. The number of ether oxygens (including phenoxy) is 1. The molecule has 2 nitrogen and oxygen atoms in total. The van der Waals surface area contributed by atoms with E-state index in [0.717, 1.165) is 30.3 Å². The van der Waals surface area contributed by atoms with E-state index in [2.05, 4.69) is 5.32 Å². The SMILES string of the molecule is Clc1ccccc1COCC1CCCNCC1. The Labute approximate surface area is 108 Å². The minimum atomic E-state index is 0.629. The smallest absolute Gasteiger partial charge is 0.0731 e. The van der Waals surface area contributed by atoms with Crippen molar-refractivity contribution < 1.29 is 4.74 Å². The van der Waals surface area contributed by atoms with E-state index in [-0.39, 0.29) is 0 Å². The van der Waals surface area contributed by atoms with Gasteiger partial charge < -0.3 is 10.1 Å². The molecule has 1 N–H and O–H groups in total. The maximum Gasteiger partial charge on any atom is 0.0731 e. The minimum absolute atomic E-state index is 0.629. The summed E-state index contributed by atoms with van der Waals surface area (Å²) >= 11 is 6.08. The highest BCUT2D eigenvalue weighted by Crippen LogP contribution is 2.18. The Morgan fingerprint density at radius 1 is 1.24 bits per heavy atom. The molecular formula is C14H20ClNO. The average molecular weight is 254 g/mol. The quantitative estimate of drug-likeness (QED) is 0.890. The fourth-order valence-electron chi connectivity index (χ4n) is 2.21. The van der Waals surface area contributed by atoms with Crippen molar-refractivity contribution >= 4 is 11.6 Å². The molecule has 3 heteroatoms. The number of hydrogen-bond donors (Lipinski definition) is 1. The van der Waals surface area contributed by atoms with Gasteiger partial charge in [0.15, 0.2) is 0 Å². The third-order valence-electron chi connectivity index (χ3n) is 3.26. The van der Waals surface area contributed by atoms with Crippen molar-refractivity contribution in [3.8, 4) is 0 Å². The molecule has 0 saturated carbocycles. The lowest BCUT2D eigenvalue weighted by Gasteiger charge is -2.14. The number of benzene rings is 1. The monoisotopic (exact) mass is 253 g/mol. The lowest BCUT2D eigenvalue weighted by atomic mass is 10.0. The van der Waals surface area contributed by atoms with Crippen LogP contribution in [0.2, 0.25) is 5.02 Å². The molecule has 1 heterocycles. The summed E-state index contributed by atoms with van der Waals surface area (Å²) in [4.78, 5) is 0. The van der Waals surface area contributed by atoms with E-state index in [4.69, 9.17) is 16.3 Å². The highest BCUT2D eigenvalue weighted by atomic mass is 35.5.